The van der Waals surface area contributed by atoms with Gasteiger partial charge in [0.2, 0.25) is 0 Å². The first-order valence-corrected chi connectivity index (χ1v) is 13.4. The number of carbonyl (C=O) groups is 1. The van der Waals surface area contributed by atoms with Crippen LogP contribution in [0.4, 0.5) is 4.39 Å². The molecule has 3 atom stereocenters. The van der Waals surface area contributed by atoms with E-state index in [2.05, 4.69) is 26.0 Å². The summed E-state index contributed by atoms with van der Waals surface area (Å²) in [5.74, 6) is -0.0983. The van der Waals surface area contributed by atoms with Gasteiger partial charge in [-0.05, 0) is 90.3 Å². The molecule has 39 heavy (non-hydrogen) atoms. The fraction of sp³-hybridized carbons (Fsp3) is 0.344. The lowest BCUT2D eigenvalue weighted by molar-refractivity contribution is -0.137. The van der Waals surface area contributed by atoms with Gasteiger partial charge < -0.3 is 24.4 Å². The van der Waals surface area contributed by atoms with E-state index in [9.17, 15) is 9.90 Å². The van der Waals surface area contributed by atoms with Crippen LogP contribution in [0.15, 0.2) is 48.5 Å². The molecule has 202 valence electrons. The number of halogens is 1. The molecule has 3 aromatic carbocycles. The first-order chi connectivity index (χ1) is 18.8. The van der Waals surface area contributed by atoms with Crippen molar-refractivity contribution in [3.8, 4) is 22.6 Å². The Hall–Kier alpha value is -3.68. The van der Waals surface area contributed by atoms with Crippen LogP contribution in [-0.2, 0) is 16.0 Å². The van der Waals surface area contributed by atoms with Gasteiger partial charge in [-0.3, -0.25) is 4.79 Å². The van der Waals surface area contributed by atoms with E-state index in [1.54, 1.807) is 12.1 Å². The molecule has 3 aromatic rings. The maximum Gasteiger partial charge on any atom is 0.304 e. The first kappa shape index (κ1) is 25.6. The second-order valence-electron chi connectivity index (χ2n) is 10.6. The third-order valence-electron chi connectivity index (χ3n) is 8.02. The number of hydrogen-bond acceptors (Lipinski definition) is 5. The maximum absolute atomic E-state index is 15.3. The summed E-state index contributed by atoms with van der Waals surface area (Å²) < 4.78 is 32.5. The Morgan fingerprint density at radius 3 is 2.64 bits per heavy atom. The molecule has 6 rings (SSSR count). The first-order valence-electron chi connectivity index (χ1n) is 13.4. The number of benzene rings is 3. The molecule has 0 saturated carbocycles. The summed E-state index contributed by atoms with van der Waals surface area (Å²) >= 11 is 0. The Labute approximate surface area is 226 Å². The lowest BCUT2D eigenvalue weighted by atomic mass is 9.87. The predicted molar refractivity (Wildman–Crippen MR) is 144 cm³/mol. The number of aliphatic hydroxyl groups is 1. The summed E-state index contributed by atoms with van der Waals surface area (Å²) in [5.41, 5.74) is 8.87. The van der Waals surface area contributed by atoms with Crippen molar-refractivity contribution in [3.63, 3.8) is 0 Å². The lowest BCUT2D eigenvalue weighted by Gasteiger charge is -2.21. The van der Waals surface area contributed by atoms with Crippen molar-refractivity contribution in [2.24, 2.45) is 0 Å². The van der Waals surface area contributed by atoms with Crippen LogP contribution in [-0.4, -0.2) is 35.7 Å². The number of carboxylic acid groups (broad SMARTS) is 1. The van der Waals surface area contributed by atoms with Crippen molar-refractivity contribution >= 4 is 11.5 Å². The number of ether oxygens (including phenoxy) is 3. The number of aliphatic hydroxyl groups excluding tert-OH is 1. The predicted octanol–water partition coefficient (Wildman–Crippen LogP) is 6.25. The highest BCUT2D eigenvalue weighted by Crippen LogP contribution is 2.45. The SMILES string of the molecule is Cc1cc(C2=CC(O)OCC2)cc(C)c1-c1ccc(F)c2c1CC[C@H]2Oc1ccc2c(c1)OC[C@H]2CC(=O)O. The molecule has 0 amide bonds. The summed E-state index contributed by atoms with van der Waals surface area (Å²) in [7, 11) is 0. The molecule has 0 aromatic heterocycles. The van der Waals surface area contributed by atoms with Gasteiger partial charge in [0.15, 0.2) is 6.29 Å². The van der Waals surface area contributed by atoms with Gasteiger partial charge in [0.05, 0.1) is 19.6 Å². The van der Waals surface area contributed by atoms with Crippen molar-refractivity contribution in [3.05, 3.63) is 87.7 Å². The van der Waals surface area contributed by atoms with Crippen LogP contribution in [0.3, 0.4) is 0 Å². The van der Waals surface area contributed by atoms with Crippen molar-refractivity contribution < 1.29 is 33.6 Å². The van der Waals surface area contributed by atoms with Crippen LogP contribution in [0.25, 0.3) is 16.7 Å². The Bertz CT molecular complexity index is 1470. The molecule has 1 aliphatic carbocycles. The highest BCUT2D eigenvalue weighted by Gasteiger charge is 2.32. The van der Waals surface area contributed by atoms with Crippen LogP contribution in [0.2, 0.25) is 0 Å². The number of hydrogen-bond donors (Lipinski definition) is 2. The minimum absolute atomic E-state index is 0.0188. The molecular formula is C32H31FO6. The van der Waals surface area contributed by atoms with Gasteiger partial charge in [-0.15, -0.1) is 0 Å². The van der Waals surface area contributed by atoms with E-state index in [-0.39, 0.29) is 18.2 Å². The number of aliphatic carboxylic acids is 1. The quantitative estimate of drug-likeness (QED) is 0.392. The molecule has 0 spiro atoms. The lowest BCUT2D eigenvalue weighted by Crippen LogP contribution is -2.15. The average Bonchev–Trinajstić information content (AvgIpc) is 3.49. The molecule has 0 saturated heterocycles. The number of carboxylic acids is 1. The molecule has 0 bridgehead atoms. The van der Waals surface area contributed by atoms with Gasteiger partial charge in [0, 0.05) is 23.1 Å². The van der Waals surface area contributed by atoms with Crippen LogP contribution in [0.1, 0.15) is 64.7 Å². The highest BCUT2D eigenvalue weighted by atomic mass is 19.1. The van der Waals surface area contributed by atoms with E-state index in [0.29, 0.717) is 43.1 Å². The van der Waals surface area contributed by atoms with Gasteiger partial charge in [-0.1, -0.05) is 24.3 Å². The zero-order valence-corrected chi connectivity index (χ0v) is 22.0. The van der Waals surface area contributed by atoms with Crippen LogP contribution in [0, 0.1) is 19.7 Å². The average molecular weight is 531 g/mol. The van der Waals surface area contributed by atoms with Crippen molar-refractivity contribution in [1.29, 1.82) is 0 Å². The Balaban J connectivity index is 1.30. The Morgan fingerprint density at radius 1 is 1.10 bits per heavy atom. The molecule has 2 aliphatic heterocycles. The van der Waals surface area contributed by atoms with E-state index in [1.165, 1.54) is 6.07 Å². The number of fused-ring (bicyclic) bond motifs is 2. The molecule has 2 heterocycles. The molecule has 2 N–H and O–H groups in total. The largest absolute Gasteiger partial charge is 0.492 e. The zero-order chi connectivity index (χ0) is 27.3. The molecule has 1 unspecified atom stereocenters. The van der Waals surface area contributed by atoms with Gasteiger partial charge in [0.25, 0.3) is 0 Å². The normalized spacial score (nSPS) is 21.6. The fourth-order valence-electron chi connectivity index (χ4n) is 6.31. The van der Waals surface area contributed by atoms with Crippen LogP contribution in [0.5, 0.6) is 11.5 Å². The monoisotopic (exact) mass is 530 g/mol. The van der Waals surface area contributed by atoms with Gasteiger partial charge >= 0.3 is 5.97 Å². The number of aryl methyl sites for hydroxylation is 2. The zero-order valence-electron chi connectivity index (χ0n) is 22.0. The van der Waals surface area contributed by atoms with Gasteiger partial charge in [-0.25, -0.2) is 4.39 Å². The summed E-state index contributed by atoms with van der Waals surface area (Å²) in [4.78, 5) is 11.2. The minimum Gasteiger partial charge on any atom is -0.492 e. The Morgan fingerprint density at radius 2 is 1.90 bits per heavy atom. The molecule has 0 radical (unpaired) electrons. The smallest absolute Gasteiger partial charge is 0.304 e. The second kappa shape index (κ2) is 10.1. The summed E-state index contributed by atoms with van der Waals surface area (Å²) in [6, 6.07) is 13.1. The van der Waals surface area contributed by atoms with Gasteiger partial charge in [0.1, 0.15) is 23.4 Å². The molecule has 3 aliphatic rings. The second-order valence-corrected chi connectivity index (χ2v) is 10.6. The summed E-state index contributed by atoms with van der Waals surface area (Å²) in [6.45, 7) is 4.96. The van der Waals surface area contributed by atoms with Crippen molar-refractivity contribution in [2.45, 2.75) is 57.8 Å². The third-order valence-corrected chi connectivity index (χ3v) is 8.02. The molecule has 6 nitrogen and oxygen atoms in total. The van der Waals surface area contributed by atoms with E-state index in [1.807, 2.05) is 18.2 Å². The standard InChI is InChI=1S/C32H31FO6/c1-17-11-20(19-9-10-37-30(36)14-19)12-18(2)31(17)24-5-7-26(33)32-25(24)6-8-27(32)39-22-3-4-23-21(13-29(34)35)16-38-28(23)15-22/h3-5,7,11-12,14-15,21,27,30,36H,6,8-10,13,16H2,1-2H3,(H,34,35)/t21-,27-,30?/m1/s1. The summed E-state index contributed by atoms with van der Waals surface area (Å²) in [5, 5.41) is 19.0. The van der Waals surface area contributed by atoms with Crippen molar-refractivity contribution in [1.82, 2.24) is 0 Å². The van der Waals surface area contributed by atoms with Crippen molar-refractivity contribution in [2.75, 3.05) is 13.2 Å². The van der Waals surface area contributed by atoms with Crippen LogP contribution >= 0.6 is 0 Å². The van der Waals surface area contributed by atoms with Gasteiger partial charge in [-0.2, -0.15) is 0 Å². The third kappa shape index (κ3) is 4.81. The molecule has 7 heteroatoms. The van der Waals surface area contributed by atoms with E-state index < -0.39 is 18.4 Å². The molecular weight excluding hydrogens is 499 g/mol. The van der Waals surface area contributed by atoms with E-state index >= 15 is 4.39 Å². The number of rotatable bonds is 6. The van der Waals surface area contributed by atoms with E-state index in [4.69, 9.17) is 19.3 Å². The maximum atomic E-state index is 15.3. The highest BCUT2D eigenvalue weighted by molar-refractivity contribution is 5.79. The molecule has 0 fully saturated rings. The Kier molecular flexibility index (Phi) is 6.65. The van der Waals surface area contributed by atoms with E-state index in [0.717, 1.165) is 50.9 Å². The summed E-state index contributed by atoms with van der Waals surface area (Å²) in [6.07, 6.45) is 2.57. The fourth-order valence-corrected chi connectivity index (χ4v) is 6.31. The van der Waals surface area contributed by atoms with Crippen LogP contribution < -0.4 is 9.47 Å². The topological polar surface area (TPSA) is 85.2 Å². The minimum atomic E-state index is -0.880.